The smallest absolute Gasteiger partial charge is 0.338 e. The first-order valence-electron chi connectivity index (χ1n) is 6.91. The van der Waals surface area contributed by atoms with Crippen LogP contribution in [0.25, 0.3) is 0 Å². The summed E-state index contributed by atoms with van der Waals surface area (Å²) in [4.78, 5) is 24.0. The third kappa shape index (κ3) is 4.72. The normalized spacial score (nSPS) is 11.4. The molecule has 0 fully saturated rings. The standard InChI is InChI=1S/C17H16ClNO4/c1-11(23-17(21)12-6-8-13(18)9-7-12)16(20)19-14-4-3-5-15(10-14)22-2/h3-11H,1-2H3,(H,19,20)/t11-/m1/s1. The first-order valence-corrected chi connectivity index (χ1v) is 7.29. The van der Waals surface area contributed by atoms with Crippen LogP contribution in [0, 0.1) is 0 Å². The van der Waals surface area contributed by atoms with Gasteiger partial charge in [0, 0.05) is 16.8 Å². The van der Waals surface area contributed by atoms with Gasteiger partial charge in [-0.3, -0.25) is 4.79 Å². The zero-order chi connectivity index (χ0) is 16.8. The van der Waals surface area contributed by atoms with Crippen molar-refractivity contribution in [3.8, 4) is 5.75 Å². The Balaban J connectivity index is 1.96. The Morgan fingerprint density at radius 3 is 2.48 bits per heavy atom. The molecule has 2 aromatic rings. The molecule has 0 saturated heterocycles. The molecule has 0 radical (unpaired) electrons. The molecular formula is C17H16ClNO4. The van der Waals surface area contributed by atoms with E-state index in [9.17, 15) is 9.59 Å². The molecule has 1 N–H and O–H groups in total. The molecular weight excluding hydrogens is 318 g/mol. The SMILES string of the molecule is COc1cccc(NC(=O)[C@@H](C)OC(=O)c2ccc(Cl)cc2)c1. The number of amides is 1. The van der Waals surface area contributed by atoms with Crippen LogP contribution in [0.2, 0.25) is 5.02 Å². The van der Waals surface area contributed by atoms with Gasteiger partial charge in [0.05, 0.1) is 12.7 Å². The molecule has 0 spiro atoms. The molecule has 5 nitrogen and oxygen atoms in total. The summed E-state index contributed by atoms with van der Waals surface area (Å²) in [6.07, 6.45) is -0.940. The van der Waals surface area contributed by atoms with Crippen molar-refractivity contribution in [1.82, 2.24) is 0 Å². The number of carbonyl (C=O) groups excluding carboxylic acids is 2. The molecule has 0 unspecified atom stereocenters. The number of esters is 1. The molecule has 0 heterocycles. The second-order valence-electron chi connectivity index (χ2n) is 4.78. The van der Waals surface area contributed by atoms with Crippen molar-refractivity contribution in [2.45, 2.75) is 13.0 Å². The first kappa shape index (κ1) is 16.8. The largest absolute Gasteiger partial charge is 0.497 e. The molecule has 0 bridgehead atoms. The van der Waals surface area contributed by atoms with Gasteiger partial charge in [-0.15, -0.1) is 0 Å². The Hall–Kier alpha value is -2.53. The van der Waals surface area contributed by atoms with Crippen molar-refractivity contribution < 1.29 is 19.1 Å². The minimum Gasteiger partial charge on any atom is -0.497 e. The maximum Gasteiger partial charge on any atom is 0.338 e. The second kappa shape index (κ2) is 7.65. The number of rotatable bonds is 5. The molecule has 6 heteroatoms. The number of hydrogen-bond acceptors (Lipinski definition) is 4. The zero-order valence-electron chi connectivity index (χ0n) is 12.7. The Morgan fingerprint density at radius 2 is 1.83 bits per heavy atom. The van der Waals surface area contributed by atoms with Crippen LogP contribution in [0.3, 0.4) is 0 Å². The average molecular weight is 334 g/mol. The summed E-state index contributed by atoms with van der Waals surface area (Å²) in [5.74, 6) is -0.399. The number of benzene rings is 2. The molecule has 2 rings (SSSR count). The van der Waals surface area contributed by atoms with Crippen molar-refractivity contribution in [1.29, 1.82) is 0 Å². The van der Waals surface area contributed by atoms with Crippen molar-refractivity contribution in [2.24, 2.45) is 0 Å². The molecule has 2 aromatic carbocycles. The van der Waals surface area contributed by atoms with Gasteiger partial charge in [-0.1, -0.05) is 17.7 Å². The number of anilines is 1. The maximum absolute atomic E-state index is 12.1. The van der Waals surface area contributed by atoms with Crippen molar-refractivity contribution in [3.63, 3.8) is 0 Å². The van der Waals surface area contributed by atoms with Crippen LogP contribution in [0.1, 0.15) is 17.3 Å². The first-order chi connectivity index (χ1) is 11.0. The van der Waals surface area contributed by atoms with E-state index >= 15 is 0 Å². The minimum absolute atomic E-state index is 0.329. The van der Waals surface area contributed by atoms with E-state index in [1.54, 1.807) is 36.4 Å². The maximum atomic E-state index is 12.1. The quantitative estimate of drug-likeness (QED) is 0.850. The highest BCUT2D eigenvalue weighted by Gasteiger charge is 2.19. The zero-order valence-corrected chi connectivity index (χ0v) is 13.5. The van der Waals surface area contributed by atoms with Crippen LogP contribution >= 0.6 is 11.6 Å². The minimum atomic E-state index is -0.940. The van der Waals surface area contributed by atoms with Gasteiger partial charge >= 0.3 is 5.97 Å². The summed E-state index contributed by atoms with van der Waals surface area (Å²) in [5, 5.41) is 3.18. The summed E-state index contributed by atoms with van der Waals surface area (Å²) >= 11 is 5.76. The number of carbonyl (C=O) groups is 2. The van der Waals surface area contributed by atoms with E-state index in [1.807, 2.05) is 0 Å². The van der Waals surface area contributed by atoms with E-state index < -0.39 is 18.0 Å². The fourth-order valence-electron chi connectivity index (χ4n) is 1.81. The summed E-state index contributed by atoms with van der Waals surface area (Å²) in [6, 6.07) is 13.1. The van der Waals surface area contributed by atoms with Crippen LogP contribution in [0.5, 0.6) is 5.75 Å². The van der Waals surface area contributed by atoms with Crippen LogP contribution in [-0.4, -0.2) is 25.1 Å². The Bertz CT molecular complexity index is 700. The van der Waals surface area contributed by atoms with Crippen LogP contribution in [-0.2, 0) is 9.53 Å². The molecule has 1 atom stereocenters. The third-order valence-electron chi connectivity index (χ3n) is 3.07. The molecule has 0 aliphatic heterocycles. The summed E-state index contributed by atoms with van der Waals surface area (Å²) in [5.41, 5.74) is 0.888. The van der Waals surface area contributed by atoms with Gasteiger partial charge in [0.15, 0.2) is 6.10 Å². The Kier molecular flexibility index (Phi) is 5.60. The van der Waals surface area contributed by atoms with Crippen molar-refractivity contribution in [3.05, 3.63) is 59.1 Å². The van der Waals surface area contributed by atoms with Crippen molar-refractivity contribution >= 4 is 29.2 Å². The third-order valence-corrected chi connectivity index (χ3v) is 3.32. The summed E-state index contributed by atoms with van der Waals surface area (Å²) < 4.78 is 10.2. The molecule has 0 aliphatic rings. The van der Waals surface area contributed by atoms with E-state index in [0.717, 1.165) is 0 Å². The highest BCUT2D eigenvalue weighted by atomic mass is 35.5. The lowest BCUT2D eigenvalue weighted by atomic mass is 10.2. The predicted octanol–water partition coefficient (Wildman–Crippen LogP) is 3.53. The topological polar surface area (TPSA) is 64.6 Å². The number of hydrogen-bond donors (Lipinski definition) is 1. The van der Waals surface area contributed by atoms with Gasteiger partial charge in [0.2, 0.25) is 0 Å². The molecule has 0 saturated carbocycles. The van der Waals surface area contributed by atoms with Gasteiger partial charge in [0.1, 0.15) is 5.75 Å². The predicted molar refractivity (Wildman–Crippen MR) is 88.0 cm³/mol. The molecule has 120 valence electrons. The number of ether oxygens (including phenoxy) is 2. The lowest BCUT2D eigenvalue weighted by Gasteiger charge is -2.14. The lowest BCUT2D eigenvalue weighted by molar-refractivity contribution is -0.123. The van der Waals surface area contributed by atoms with E-state index in [4.69, 9.17) is 21.1 Å². The van der Waals surface area contributed by atoms with E-state index in [1.165, 1.54) is 26.2 Å². The highest BCUT2D eigenvalue weighted by Crippen LogP contribution is 2.17. The molecule has 23 heavy (non-hydrogen) atoms. The Morgan fingerprint density at radius 1 is 1.13 bits per heavy atom. The van der Waals surface area contributed by atoms with Crippen LogP contribution in [0.4, 0.5) is 5.69 Å². The average Bonchev–Trinajstić information content (AvgIpc) is 2.55. The monoisotopic (exact) mass is 333 g/mol. The van der Waals surface area contributed by atoms with Gasteiger partial charge in [-0.05, 0) is 43.3 Å². The van der Waals surface area contributed by atoms with E-state index in [2.05, 4.69) is 5.32 Å². The lowest BCUT2D eigenvalue weighted by Crippen LogP contribution is -2.30. The van der Waals surface area contributed by atoms with E-state index in [0.29, 0.717) is 22.0 Å². The van der Waals surface area contributed by atoms with Gasteiger partial charge < -0.3 is 14.8 Å². The van der Waals surface area contributed by atoms with Gasteiger partial charge in [0.25, 0.3) is 5.91 Å². The number of nitrogens with one attached hydrogen (secondary N) is 1. The molecule has 1 amide bonds. The summed E-state index contributed by atoms with van der Waals surface area (Å²) in [7, 11) is 1.54. The fraction of sp³-hybridized carbons (Fsp3) is 0.176. The Labute approximate surface area is 139 Å². The van der Waals surface area contributed by atoms with Crippen LogP contribution in [0.15, 0.2) is 48.5 Å². The number of halogens is 1. The highest BCUT2D eigenvalue weighted by molar-refractivity contribution is 6.30. The van der Waals surface area contributed by atoms with Crippen molar-refractivity contribution in [2.75, 3.05) is 12.4 Å². The summed E-state index contributed by atoms with van der Waals surface area (Å²) in [6.45, 7) is 1.50. The fourth-order valence-corrected chi connectivity index (χ4v) is 1.94. The number of methoxy groups -OCH3 is 1. The van der Waals surface area contributed by atoms with E-state index in [-0.39, 0.29) is 0 Å². The van der Waals surface area contributed by atoms with Crippen LogP contribution < -0.4 is 10.1 Å². The molecule has 0 aromatic heterocycles. The van der Waals surface area contributed by atoms with Gasteiger partial charge in [-0.25, -0.2) is 4.79 Å². The molecule has 0 aliphatic carbocycles. The van der Waals surface area contributed by atoms with Gasteiger partial charge in [-0.2, -0.15) is 0 Å². The second-order valence-corrected chi connectivity index (χ2v) is 5.21.